The Kier molecular flexibility index (Phi) is 5.82. The lowest BCUT2D eigenvalue weighted by Crippen LogP contribution is -2.37. The Labute approximate surface area is 152 Å². The van der Waals surface area contributed by atoms with E-state index in [-0.39, 0.29) is 17.7 Å². The van der Waals surface area contributed by atoms with Crippen LogP contribution in [0.1, 0.15) is 17.0 Å². The molecule has 0 radical (unpaired) electrons. The number of anilines is 1. The van der Waals surface area contributed by atoms with Gasteiger partial charge in [0.2, 0.25) is 5.91 Å². The highest BCUT2D eigenvalue weighted by Crippen LogP contribution is 2.27. The SMILES string of the molecule is COC[C@@H]1CN(c2cnccn2)C[C@H]1C(=O)NCCc1c(C)noc1C. The van der Waals surface area contributed by atoms with Crippen LogP contribution in [0.15, 0.2) is 23.1 Å². The molecule has 0 saturated carbocycles. The van der Waals surface area contributed by atoms with E-state index in [9.17, 15) is 4.79 Å². The second-order valence-electron chi connectivity index (χ2n) is 6.63. The molecule has 0 unspecified atom stereocenters. The lowest BCUT2D eigenvalue weighted by atomic mass is 9.96. The molecule has 0 aliphatic carbocycles. The smallest absolute Gasteiger partial charge is 0.225 e. The molecule has 1 fully saturated rings. The minimum absolute atomic E-state index is 0.0465. The highest BCUT2D eigenvalue weighted by molar-refractivity contribution is 5.80. The van der Waals surface area contributed by atoms with Gasteiger partial charge in [-0.05, 0) is 20.3 Å². The first kappa shape index (κ1) is 18.3. The van der Waals surface area contributed by atoms with Gasteiger partial charge in [-0.25, -0.2) is 4.98 Å². The van der Waals surface area contributed by atoms with Crippen LogP contribution in [0.3, 0.4) is 0 Å². The van der Waals surface area contributed by atoms with Crippen LogP contribution in [0.4, 0.5) is 5.82 Å². The summed E-state index contributed by atoms with van der Waals surface area (Å²) in [5.41, 5.74) is 1.94. The summed E-state index contributed by atoms with van der Waals surface area (Å²) in [6.07, 6.45) is 5.74. The van der Waals surface area contributed by atoms with E-state index in [4.69, 9.17) is 9.26 Å². The van der Waals surface area contributed by atoms with Crippen LogP contribution < -0.4 is 10.2 Å². The van der Waals surface area contributed by atoms with Crippen LogP contribution in [0, 0.1) is 25.7 Å². The van der Waals surface area contributed by atoms with Crippen molar-refractivity contribution < 1.29 is 14.1 Å². The average molecular weight is 359 g/mol. The van der Waals surface area contributed by atoms with Gasteiger partial charge in [0.15, 0.2) is 0 Å². The van der Waals surface area contributed by atoms with Gasteiger partial charge in [-0.3, -0.25) is 9.78 Å². The highest BCUT2D eigenvalue weighted by Gasteiger charge is 2.38. The number of ether oxygens (including phenoxy) is 1. The molecule has 3 rings (SSSR count). The molecule has 1 amide bonds. The van der Waals surface area contributed by atoms with Crippen LogP contribution in [-0.4, -0.2) is 54.4 Å². The van der Waals surface area contributed by atoms with Gasteiger partial charge >= 0.3 is 0 Å². The first-order valence-electron chi connectivity index (χ1n) is 8.79. The number of methoxy groups -OCH3 is 1. The summed E-state index contributed by atoms with van der Waals surface area (Å²) < 4.78 is 10.5. The summed E-state index contributed by atoms with van der Waals surface area (Å²) in [4.78, 5) is 23.3. The lowest BCUT2D eigenvalue weighted by Gasteiger charge is -2.17. The number of hydrogen-bond donors (Lipinski definition) is 1. The highest BCUT2D eigenvalue weighted by atomic mass is 16.5. The van der Waals surface area contributed by atoms with Gasteiger partial charge in [0.05, 0.1) is 24.4 Å². The molecule has 1 aliphatic heterocycles. The van der Waals surface area contributed by atoms with Gasteiger partial charge in [0.25, 0.3) is 0 Å². The van der Waals surface area contributed by atoms with E-state index in [1.807, 2.05) is 13.8 Å². The van der Waals surface area contributed by atoms with Gasteiger partial charge < -0.3 is 19.5 Å². The standard InChI is InChI=1S/C18H25N5O3/c1-12-15(13(2)26-22-12)4-5-21-18(24)16-10-23(9-14(16)11-25-3)17-8-19-6-7-20-17/h6-8,14,16H,4-5,9-11H2,1-3H3,(H,21,24)/t14-,16+/m0/s1. The molecular weight excluding hydrogens is 334 g/mol. The largest absolute Gasteiger partial charge is 0.384 e. The zero-order chi connectivity index (χ0) is 18.5. The zero-order valence-electron chi connectivity index (χ0n) is 15.4. The maximum Gasteiger partial charge on any atom is 0.225 e. The van der Waals surface area contributed by atoms with Crippen molar-refractivity contribution >= 4 is 11.7 Å². The minimum atomic E-state index is -0.137. The van der Waals surface area contributed by atoms with Crippen molar-refractivity contribution in [2.75, 3.05) is 38.3 Å². The van der Waals surface area contributed by atoms with E-state index in [0.29, 0.717) is 26.1 Å². The van der Waals surface area contributed by atoms with E-state index in [0.717, 1.165) is 29.4 Å². The Morgan fingerprint density at radius 3 is 2.88 bits per heavy atom. The molecule has 140 valence electrons. The third kappa shape index (κ3) is 4.01. The summed E-state index contributed by atoms with van der Waals surface area (Å²) in [7, 11) is 1.66. The van der Waals surface area contributed by atoms with Crippen LogP contribution >= 0.6 is 0 Å². The molecule has 1 N–H and O–H groups in total. The number of amides is 1. The van der Waals surface area contributed by atoms with E-state index in [1.165, 1.54) is 0 Å². The van der Waals surface area contributed by atoms with E-state index < -0.39 is 0 Å². The number of rotatable bonds is 7. The first-order valence-corrected chi connectivity index (χ1v) is 8.79. The fraction of sp³-hybridized carbons (Fsp3) is 0.556. The number of hydrogen-bond acceptors (Lipinski definition) is 7. The monoisotopic (exact) mass is 359 g/mol. The number of nitrogens with zero attached hydrogens (tertiary/aromatic N) is 4. The van der Waals surface area contributed by atoms with Crippen LogP contribution in [0.2, 0.25) is 0 Å². The second kappa shape index (κ2) is 8.27. The van der Waals surface area contributed by atoms with Crippen molar-refractivity contribution in [3.63, 3.8) is 0 Å². The van der Waals surface area contributed by atoms with E-state index in [2.05, 4.69) is 25.3 Å². The van der Waals surface area contributed by atoms with Crippen molar-refractivity contribution in [3.05, 3.63) is 35.6 Å². The molecule has 8 heteroatoms. The molecule has 2 aromatic heterocycles. The molecule has 26 heavy (non-hydrogen) atoms. The minimum Gasteiger partial charge on any atom is -0.384 e. The molecule has 3 heterocycles. The van der Waals surface area contributed by atoms with Crippen LogP contribution in [0.25, 0.3) is 0 Å². The molecule has 2 atom stereocenters. The molecule has 1 saturated heterocycles. The Bertz CT molecular complexity index is 714. The van der Waals surface area contributed by atoms with Gasteiger partial charge in [0, 0.05) is 50.6 Å². The van der Waals surface area contributed by atoms with Gasteiger partial charge in [0.1, 0.15) is 11.6 Å². The number of carbonyl (C=O) groups is 1. The number of aromatic nitrogens is 3. The Hall–Kier alpha value is -2.48. The Balaban J connectivity index is 1.59. The number of nitrogens with one attached hydrogen (secondary N) is 1. The second-order valence-corrected chi connectivity index (χ2v) is 6.63. The third-order valence-corrected chi connectivity index (χ3v) is 4.89. The molecule has 0 aromatic carbocycles. The van der Waals surface area contributed by atoms with Gasteiger partial charge in [-0.15, -0.1) is 0 Å². The van der Waals surface area contributed by atoms with Crippen molar-refractivity contribution in [1.82, 2.24) is 20.4 Å². The summed E-state index contributed by atoms with van der Waals surface area (Å²) in [5.74, 6) is 1.64. The van der Waals surface area contributed by atoms with E-state index in [1.54, 1.807) is 25.7 Å². The number of carbonyl (C=O) groups excluding carboxylic acids is 1. The topological polar surface area (TPSA) is 93.4 Å². The third-order valence-electron chi connectivity index (χ3n) is 4.89. The lowest BCUT2D eigenvalue weighted by molar-refractivity contribution is -0.126. The molecule has 0 spiro atoms. The summed E-state index contributed by atoms with van der Waals surface area (Å²) in [6.45, 7) is 6.25. The fourth-order valence-electron chi connectivity index (χ4n) is 3.49. The van der Waals surface area contributed by atoms with Crippen LogP contribution in [0.5, 0.6) is 0 Å². The maximum atomic E-state index is 12.7. The number of aryl methyl sites for hydroxylation is 2. The van der Waals surface area contributed by atoms with Crippen molar-refractivity contribution in [2.24, 2.45) is 11.8 Å². The molecule has 2 aromatic rings. The van der Waals surface area contributed by atoms with Crippen molar-refractivity contribution in [3.8, 4) is 0 Å². The zero-order valence-corrected chi connectivity index (χ0v) is 15.4. The fourth-order valence-corrected chi connectivity index (χ4v) is 3.49. The normalized spacial score (nSPS) is 19.7. The maximum absolute atomic E-state index is 12.7. The summed E-state index contributed by atoms with van der Waals surface area (Å²) in [5, 5.41) is 7.00. The quantitative estimate of drug-likeness (QED) is 0.792. The predicted molar refractivity (Wildman–Crippen MR) is 95.8 cm³/mol. The first-order chi connectivity index (χ1) is 12.6. The molecular formula is C18H25N5O3. The summed E-state index contributed by atoms with van der Waals surface area (Å²) in [6, 6.07) is 0. The van der Waals surface area contributed by atoms with Crippen molar-refractivity contribution in [2.45, 2.75) is 20.3 Å². The van der Waals surface area contributed by atoms with Gasteiger partial charge in [-0.2, -0.15) is 0 Å². The summed E-state index contributed by atoms with van der Waals surface area (Å²) >= 11 is 0. The van der Waals surface area contributed by atoms with Crippen molar-refractivity contribution in [1.29, 1.82) is 0 Å². The van der Waals surface area contributed by atoms with Crippen LogP contribution in [-0.2, 0) is 16.0 Å². The van der Waals surface area contributed by atoms with Gasteiger partial charge in [-0.1, -0.05) is 5.16 Å². The average Bonchev–Trinajstić information content (AvgIpc) is 3.21. The molecule has 8 nitrogen and oxygen atoms in total. The Morgan fingerprint density at radius 1 is 1.38 bits per heavy atom. The Morgan fingerprint density at radius 2 is 2.23 bits per heavy atom. The van der Waals surface area contributed by atoms with E-state index >= 15 is 0 Å². The molecule has 0 bridgehead atoms. The predicted octanol–water partition coefficient (Wildman–Crippen LogP) is 1.14. The molecule has 1 aliphatic rings.